The third-order valence-corrected chi connectivity index (χ3v) is 5.83. The molecule has 9 heteroatoms. The highest BCUT2D eigenvalue weighted by molar-refractivity contribution is 7.92. The Hall–Kier alpha value is -3.20. The van der Waals surface area contributed by atoms with Crippen molar-refractivity contribution in [1.29, 1.82) is 0 Å². The fourth-order valence-corrected chi connectivity index (χ4v) is 4.30. The molecule has 1 heterocycles. The Bertz CT molecular complexity index is 1140. The van der Waals surface area contributed by atoms with Crippen LogP contribution in [-0.4, -0.2) is 36.8 Å². The van der Waals surface area contributed by atoms with Gasteiger partial charge in [-0.1, -0.05) is 47.6 Å². The number of hydrogen-bond acceptors (Lipinski definition) is 6. The number of hydrogen-bond donors (Lipinski definition) is 1. The van der Waals surface area contributed by atoms with Gasteiger partial charge >= 0.3 is 0 Å². The van der Waals surface area contributed by atoms with Crippen LogP contribution in [0.25, 0.3) is 11.4 Å². The second-order valence-corrected chi connectivity index (χ2v) is 8.98. The number of carbonyl (C=O) groups is 1. The van der Waals surface area contributed by atoms with Gasteiger partial charge in [0, 0.05) is 5.56 Å². The predicted octanol–water partition coefficient (Wildman–Crippen LogP) is 2.82. The minimum atomic E-state index is -3.70. The number of rotatable bonds is 7. The third kappa shape index (κ3) is 4.85. The molecule has 0 fully saturated rings. The summed E-state index contributed by atoms with van der Waals surface area (Å²) in [5, 5.41) is 6.59. The lowest BCUT2D eigenvalue weighted by atomic mass is 10.1. The van der Waals surface area contributed by atoms with Gasteiger partial charge in [0.1, 0.15) is 6.04 Å². The van der Waals surface area contributed by atoms with E-state index in [2.05, 4.69) is 15.5 Å². The molecule has 3 aromatic rings. The van der Waals surface area contributed by atoms with Gasteiger partial charge in [-0.05, 0) is 38.0 Å². The molecule has 0 bridgehead atoms. The predicted molar refractivity (Wildman–Crippen MR) is 114 cm³/mol. The van der Waals surface area contributed by atoms with Gasteiger partial charge in [-0.25, -0.2) is 8.42 Å². The Kier molecular flexibility index (Phi) is 6.21. The number of anilines is 1. The number of nitrogens with zero attached hydrogens (tertiary/aromatic N) is 3. The van der Waals surface area contributed by atoms with Crippen molar-refractivity contribution in [3.63, 3.8) is 0 Å². The van der Waals surface area contributed by atoms with E-state index < -0.39 is 22.0 Å². The van der Waals surface area contributed by atoms with Crippen molar-refractivity contribution in [2.24, 2.45) is 0 Å². The van der Waals surface area contributed by atoms with E-state index >= 15 is 0 Å². The number of benzene rings is 2. The molecule has 0 saturated carbocycles. The van der Waals surface area contributed by atoms with Crippen LogP contribution in [-0.2, 0) is 21.4 Å². The molecule has 1 amide bonds. The molecule has 0 spiro atoms. The molecule has 0 aliphatic heterocycles. The summed E-state index contributed by atoms with van der Waals surface area (Å²) in [7, 11) is -3.70. The molecule has 0 aliphatic carbocycles. The van der Waals surface area contributed by atoms with Crippen molar-refractivity contribution < 1.29 is 17.7 Å². The van der Waals surface area contributed by atoms with Crippen LogP contribution in [0.4, 0.5) is 5.69 Å². The number of nitrogens with one attached hydrogen (secondary N) is 1. The van der Waals surface area contributed by atoms with Crippen LogP contribution >= 0.6 is 0 Å². The van der Waals surface area contributed by atoms with Crippen LogP contribution in [0.3, 0.4) is 0 Å². The van der Waals surface area contributed by atoms with Crippen LogP contribution in [0.15, 0.2) is 53.1 Å². The Morgan fingerprint density at radius 2 is 1.87 bits per heavy atom. The molecular weight excluding hydrogens is 404 g/mol. The standard InChI is InChI=1S/C21H24N4O4S/c1-14-10-11-15(2)18(12-14)25(30(4,27)28)16(3)21(26)22-13-19-23-20(24-29-19)17-8-6-5-7-9-17/h5-12,16H,13H2,1-4H3,(H,22,26)/t16-/m0/s1. The van der Waals surface area contributed by atoms with Crippen LogP contribution in [0.2, 0.25) is 0 Å². The summed E-state index contributed by atoms with van der Waals surface area (Å²) >= 11 is 0. The molecular formula is C21H24N4O4S. The van der Waals surface area contributed by atoms with E-state index in [1.165, 1.54) is 0 Å². The summed E-state index contributed by atoms with van der Waals surface area (Å²) in [4.78, 5) is 17.0. The van der Waals surface area contributed by atoms with Gasteiger partial charge in [0.25, 0.3) is 0 Å². The average Bonchev–Trinajstić information content (AvgIpc) is 3.17. The zero-order chi connectivity index (χ0) is 21.9. The second kappa shape index (κ2) is 8.66. The minimum Gasteiger partial charge on any atom is -0.345 e. The van der Waals surface area contributed by atoms with E-state index in [4.69, 9.17) is 4.52 Å². The van der Waals surface area contributed by atoms with E-state index in [-0.39, 0.29) is 12.4 Å². The maximum absolute atomic E-state index is 12.7. The molecule has 1 N–H and O–H groups in total. The van der Waals surface area contributed by atoms with Crippen molar-refractivity contribution in [3.05, 3.63) is 65.5 Å². The van der Waals surface area contributed by atoms with Gasteiger partial charge in [-0.15, -0.1) is 0 Å². The average molecular weight is 429 g/mol. The van der Waals surface area contributed by atoms with Gasteiger partial charge in [-0.3, -0.25) is 9.10 Å². The van der Waals surface area contributed by atoms with Crippen molar-refractivity contribution in [2.75, 3.05) is 10.6 Å². The van der Waals surface area contributed by atoms with Crippen LogP contribution in [0.5, 0.6) is 0 Å². The summed E-state index contributed by atoms with van der Waals surface area (Å²) in [6.07, 6.45) is 1.09. The first kappa shape index (κ1) is 21.5. The third-order valence-electron chi connectivity index (χ3n) is 4.60. The van der Waals surface area contributed by atoms with Crippen LogP contribution in [0, 0.1) is 13.8 Å². The Balaban J connectivity index is 1.75. The van der Waals surface area contributed by atoms with Crippen molar-refractivity contribution in [3.8, 4) is 11.4 Å². The highest BCUT2D eigenvalue weighted by Gasteiger charge is 2.30. The normalized spacial score (nSPS) is 12.4. The van der Waals surface area contributed by atoms with Crippen molar-refractivity contribution in [2.45, 2.75) is 33.4 Å². The second-order valence-electron chi connectivity index (χ2n) is 7.12. The Morgan fingerprint density at radius 3 is 2.53 bits per heavy atom. The van der Waals surface area contributed by atoms with E-state index in [9.17, 15) is 13.2 Å². The largest absolute Gasteiger partial charge is 0.345 e. The molecule has 1 aromatic heterocycles. The molecule has 3 rings (SSSR count). The Labute approximate surface area is 176 Å². The first-order valence-electron chi connectivity index (χ1n) is 9.39. The first-order valence-corrected chi connectivity index (χ1v) is 11.2. The summed E-state index contributed by atoms with van der Waals surface area (Å²) in [5.41, 5.74) is 2.93. The molecule has 0 radical (unpaired) electrons. The summed E-state index contributed by atoms with van der Waals surface area (Å²) < 4.78 is 31.3. The number of aromatic nitrogens is 2. The van der Waals surface area contributed by atoms with Gasteiger partial charge in [0.2, 0.25) is 27.6 Å². The molecule has 0 aliphatic rings. The lowest BCUT2D eigenvalue weighted by Gasteiger charge is -2.29. The highest BCUT2D eigenvalue weighted by Crippen LogP contribution is 2.26. The fourth-order valence-electron chi connectivity index (χ4n) is 3.08. The SMILES string of the molecule is Cc1ccc(C)c(N([C@@H](C)C(=O)NCc2nc(-c3ccccc3)no2)S(C)(=O)=O)c1. The van der Waals surface area contributed by atoms with Crippen molar-refractivity contribution >= 4 is 21.6 Å². The monoisotopic (exact) mass is 428 g/mol. The lowest BCUT2D eigenvalue weighted by Crippen LogP contribution is -2.48. The number of aryl methyl sites for hydroxylation is 2. The number of amides is 1. The summed E-state index contributed by atoms with van der Waals surface area (Å²) in [6.45, 7) is 5.21. The van der Waals surface area contributed by atoms with E-state index in [0.717, 1.165) is 27.3 Å². The summed E-state index contributed by atoms with van der Waals surface area (Å²) in [5.74, 6) is 0.175. The lowest BCUT2D eigenvalue weighted by molar-refractivity contribution is -0.122. The van der Waals surface area contributed by atoms with E-state index in [0.29, 0.717) is 11.5 Å². The van der Waals surface area contributed by atoms with Crippen LogP contribution in [0.1, 0.15) is 23.9 Å². The maximum Gasteiger partial charge on any atom is 0.246 e. The molecule has 1 atom stereocenters. The van der Waals surface area contributed by atoms with Gasteiger partial charge < -0.3 is 9.84 Å². The molecule has 0 unspecified atom stereocenters. The molecule has 2 aromatic carbocycles. The highest BCUT2D eigenvalue weighted by atomic mass is 32.2. The van der Waals surface area contributed by atoms with Gasteiger partial charge in [0.15, 0.2) is 0 Å². The Morgan fingerprint density at radius 1 is 1.17 bits per heavy atom. The molecule has 8 nitrogen and oxygen atoms in total. The zero-order valence-electron chi connectivity index (χ0n) is 17.3. The fraction of sp³-hybridized carbons (Fsp3) is 0.286. The first-order chi connectivity index (χ1) is 14.2. The van der Waals surface area contributed by atoms with Gasteiger partial charge in [0.05, 0.1) is 18.5 Å². The summed E-state index contributed by atoms with van der Waals surface area (Å²) in [6, 6.07) is 13.8. The van der Waals surface area contributed by atoms with E-state index in [1.54, 1.807) is 19.9 Å². The quantitative estimate of drug-likeness (QED) is 0.620. The molecule has 0 saturated heterocycles. The van der Waals surface area contributed by atoms with Gasteiger partial charge in [-0.2, -0.15) is 4.98 Å². The topological polar surface area (TPSA) is 105 Å². The van der Waals surface area contributed by atoms with E-state index in [1.807, 2.05) is 49.4 Å². The smallest absolute Gasteiger partial charge is 0.246 e. The number of sulfonamides is 1. The maximum atomic E-state index is 12.7. The number of carbonyl (C=O) groups excluding carboxylic acids is 1. The van der Waals surface area contributed by atoms with Crippen LogP contribution < -0.4 is 9.62 Å². The zero-order valence-corrected chi connectivity index (χ0v) is 18.1. The van der Waals surface area contributed by atoms with Crippen molar-refractivity contribution in [1.82, 2.24) is 15.5 Å². The molecule has 158 valence electrons. The molecule has 30 heavy (non-hydrogen) atoms. The minimum absolute atomic E-state index is 0.00654.